The van der Waals surface area contributed by atoms with Crippen LogP contribution in [0.15, 0.2) is 11.3 Å². The van der Waals surface area contributed by atoms with Gasteiger partial charge in [-0.3, -0.25) is 4.99 Å². The average molecular weight is 292 g/mol. The number of aromatic nitrogens is 3. The van der Waals surface area contributed by atoms with Gasteiger partial charge in [0, 0.05) is 32.6 Å². The fourth-order valence-corrected chi connectivity index (χ4v) is 2.72. The Morgan fingerprint density at radius 2 is 2.24 bits per heavy atom. The molecule has 2 rings (SSSR count). The lowest BCUT2D eigenvalue weighted by atomic mass is 9.93. The molecule has 1 aliphatic heterocycles. The van der Waals surface area contributed by atoms with Gasteiger partial charge in [-0.05, 0) is 18.8 Å². The number of aryl methyl sites for hydroxylation is 1. The molecule has 0 aliphatic carbocycles. The van der Waals surface area contributed by atoms with E-state index in [1.807, 2.05) is 0 Å². The highest BCUT2D eigenvalue weighted by Gasteiger charge is 2.30. The number of hydrogen-bond donors (Lipinski definition) is 1. The molecule has 1 aromatic heterocycles. The van der Waals surface area contributed by atoms with Crippen LogP contribution in [0.3, 0.4) is 0 Å². The Morgan fingerprint density at radius 1 is 1.43 bits per heavy atom. The zero-order valence-corrected chi connectivity index (χ0v) is 13.8. The van der Waals surface area contributed by atoms with Crippen LogP contribution in [-0.2, 0) is 13.0 Å². The zero-order valence-electron chi connectivity index (χ0n) is 13.8. The summed E-state index contributed by atoms with van der Waals surface area (Å²) >= 11 is 0. The first-order valence-electron chi connectivity index (χ1n) is 7.95. The van der Waals surface area contributed by atoms with Gasteiger partial charge in [-0.15, -0.1) is 10.2 Å². The van der Waals surface area contributed by atoms with Crippen molar-refractivity contribution in [3.8, 4) is 0 Å². The zero-order chi connectivity index (χ0) is 15.3. The molecule has 0 unspecified atom stereocenters. The largest absolute Gasteiger partial charge is 0.357 e. The molecule has 0 amide bonds. The molecule has 6 heteroatoms. The summed E-state index contributed by atoms with van der Waals surface area (Å²) in [7, 11) is 0. The third-order valence-corrected chi connectivity index (χ3v) is 3.93. The van der Waals surface area contributed by atoms with E-state index in [1.165, 1.54) is 6.42 Å². The van der Waals surface area contributed by atoms with E-state index in [-0.39, 0.29) is 0 Å². The molecule has 2 heterocycles. The first kappa shape index (κ1) is 15.8. The van der Waals surface area contributed by atoms with Crippen LogP contribution >= 0.6 is 0 Å². The average Bonchev–Trinajstić information content (AvgIpc) is 3.03. The van der Waals surface area contributed by atoms with Gasteiger partial charge in [-0.2, -0.15) is 0 Å². The molecular formula is C15H28N6. The highest BCUT2D eigenvalue weighted by atomic mass is 15.3. The Labute approximate surface area is 127 Å². The van der Waals surface area contributed by atoms with E-state index in [4.69, 9.17) is 4.99 Å². The van der Waals surface area contributed by atoms with Gasteiger partial charge < -0.3 is 14.8 Å². The van der Waals surface area contributed by atoms with Gasteiger partial charge in [0.15, 0.2) is 5.96 Å². The van der Waals surface area contributed by atoms with Crippen molar-refractivity contribution >= 4 is 5.96 Å². The van der Waals surface area contributed by atoms with Crippen molar-refractivity contribution in [1.29, 1.82) is 0 Å². The molecule has 1 N–H and O–H groups in total. The predicted molar refractivity (Wildman–Crippen MR) is 85.3 cm³/mol. The molecule has 1 aliphatic rings. The van der Waals surface area contributed by atoms with Crippen LogP contribution in [0.4, 0.5) is 0 Å². The Balaban J connectivity index is 1.95. The number of guanidine groups is 1. The standard InChI is InChI=1S/C15H28N6/c1-5-13-19-18-12-21(13)10-8-17-14(16-6-2)20-9-7-15(3,4)11-20/h12H,5-11H2,1-4H3,(H,16,17). The van der Waals surface area contributed by atoms with Crippen LogP contribution in [0.25, 0.3) is 0 Å². The molecule has 6 nitrogen and oxygen atoms in total. The molecule has 1 aromatic rings. The fourth-order valence-electron chi connectivity index (χ4n) is 2.72. The Kier molecular flexibility index (Phi) is 5.20. The summed E-state index contributed by atoms with van der Waals surface area (Å²) in [6.45, 7) is 13.5. The number of likely N-dealkylation sites (tertiary alicyclic amines) is 1. The Bertz CT molecular complexity index is 476. The van der Waals surface area contributed by atoms with Crippen molar-refractivity contribution in [3.05, 3.63) is 12.2 Å². The number of aliphatic imine (C=N–C) groups is 1. The monoisotopic (exact) mass is 292 g/mol. The van der Waals surface area contributed by atoms with Gasteiger partial charge in [0.05, 0.1) is 6.54 Å². The number of rotatable bonds is 5. The molecule has 0 aromatic carbocycles. The topological polar surface area (TPSA) is 58.3 Å². The summed E-state index contributed by atoms with van der Waals surface area (Å²) in [6.07, 6.45) is 3.92. The predicted octanol–water partition coefficient (Wildman–Crippen LogP) is 1.54. The van der Waals surface area contributed by atoms with E-state index in [2.05, 4.69) is 52.7 Å². The summed E-state index contributed by atoms with van der Waals surface area (Å²) in [5, 5.41) is 11.5. The summed E-state index contributed by atoms with van der Waals surface area (Å²) in [5.74, 6) is 2.06. The maximum absolute atomic E-state index is 4.77. The second-order valence-electron chi connectivity index (χ2n) is 6.37. The molecular weight excluding hydrogens is 264 g/mol. The van der Waals surface area contributed by atoms with Crippen LogP contribution in [0.2, 0.25) is 0 Å². The van der Waals surface area contributed by atoms with Gasteiger partial charge in [-0.1, -0.05) is 20.8 Å². The molecule has 1 saturated heterocycles. The minimum absolute atomic E-state index is 0.389. The normalized spacial score (nSPS) is 18.3. The van der Waals surface area contributed by atoms with E-state index >= 15 is 0 Å². The second-order valence-corrected chi connectivity index (χ2v) is 6.37. The van der Waals surface area contributed by atoms with Gasteiger partial charge in [0.2, 0.25) is 0 Å². The van der Waals surface area contributed by atoms with E-state index in [0.29, 0.717) is 5.41 Å². The molecule has 0 saturated carbocycles. The molecule has 0 bridgehead atoms. The SMILES string of the molecule is CCNC(=NCCn1cnnc1CC)N1CCC(C)(C)C1. The minimum atomic E-state index is 0.389. The maximum atomic E-state index is 4.77. The van der Waals surface area contributed by atoms with Gasteiger partial charge in [0.25, 0.3) is 0 Å². The van der Waals surface area contributed by atoms with Crippen molar-refractivity contribution in [2.45, 2.75) is 47.1 Å². The van der Waals surface area contributed by atoms with Crippen molar-refractivity contribution in [2.75, 3.05) is 26.2 Å². The molecule has 0 atom stereocenters. The van der Waals surface area contributed by atoms with Crippen LogP contribution in [-0.4, -0.2) is 51.8 Å². The van der Waals surface area contributed by atoms with Crippen LogP contribution in [0, 0.1) is 5.41 Å². The van der Waals surface area contributed by atoms with Crippen LogP contribution in [0.5, 0.6) is 0 Å². The molecule has 118 valence electrons. The minimum Gasteiger partial charge on any atom is -0.357 e. The van der Waals surface area contributed by atoms with Crippen LogP contribution in [0.1, 0.15) is 39.9 Å². The number of nitrogens with zero attached hydrogens (tertiary/aromatic N) is 5. The highest BCUT2D eigenvalue weighted by molar-refractivity contribution is 5.80. The lowest BCUT2D eigenvalue weighted by Gasteiger charge is -2.23. The Hall–Kier alpha value is -1.59. The summed E-state index contributed by atoms with van der Waals surface area (Å²) < 4.78 is 2.08. The van der Waals surface area contributed by atoms with E-state index in [9.17, 15) is 0 Å². The van der Waals surface area contributed by atoms with Crippen molar-refractivity contribution in [2.24, 2.45) is 10.4 Å². The quantitative estimate of drug-likeness (QED) is 0.660. The second kappa shape index (κ2) is 6.91. The maximum Gasteiger partial charge on any atom is 0.193 e. The van der Waals surface area contributed by atoms with E-state index in [0.717, 1.165) is 50.9 Å². The Morgan fingerprint density at radius 3 is 2.86 bits per heavy atom. The molecule has 0 radical (unpaired) electrons. The first-order valence-corrected chi connectivity index (χ1v) is 7.95. The third-order valence-electron chi connectivity index (χ3n) is 3.93. The van der Waals surface area contributed by atoms with E-state index < -0.39 is 0 Å². The van der Waals surface area contributed by atoms with E-state index in [1.54, 1.807) is 6.33 Å². The van der Waals surface area contributed by atoms with Crippen LogP contribution < -0.4 is 5.32 Å². The fraction of sp³-hybridized carbons (Fsp3) is 0.800. The van der Waals surface area contributed by atoms with Gasteiger partial charge in [0.1, 0.15) is 12.2 Å². The smallest absolute Gasteiger partial charge is 0.193 e. The van der Waals surface area contributed by atoms with Gasteiger partial charge in [-0.25, -0.2) is 0 Å². The summed E-state index contributed by atoms with van der Waals surface area (Å²) in [5.41, 5.74) is 0.389. The number of nitrogens with one attached hydrogen (secondary N) is 1. The summed E-state index contributed by atoms with van der Waals surface area (Å²) in [4.78, 5) is 7.14. The summed E-state index contributed by atoms with van der Waals surface area (Å²) in [6, 6.07) is 0. The van der Waals surface area contributed by atoms with Crippen molar-refractivity contribution in [3.63, 3.8) is 0 Å². The number of hydrogen-bond acceptors (Lipinski definition) is 3. The lowest BCUT2D eigenvalue weighted by molar-refractivity contribution is 0.370. The van der Waals surface area contributed by atoms with Crippen molar-refractivity contribution < 1.29 is 0 Å². The lowest BCUT2D eigenvalue weighted by Crippen LogP contribution is -2.41. The molecule has 21 heavy (non-hydrogen) atoms. The van der Waals surface area contributed by atoms with Gasteiger partial charge >= 0.3 is 0 Å². The third kappa shape index (κ3) is 4.19. The van der Waals surface area contributed by atoms with Crippen molar-refractivity contribution in [1.82, 2.24) is 25.0 Å². The first-order chi connectivity index (χ1) is 10.1. The molecule has 0 spiro atoms. The molecule has 1 fully saturated rings. The highest BCUT2D eigenvalue weighted by Crippen LogP contribution is 2.28.